The van der Waals surface area contributed by atoms with Crippen molar-refractivity contribution < 1.29 is 19.1 Å². The van der Waals surface area contributed by atoms with Gasteiger partial charge in [0.1, 0.15) is 6.10 Å². The highest BCUT2D eigenvalue weighted by atomic mass is 35.8. The molecule has 8 heteroatoms. The number of hydrogen-bond acceptors (Lipinski definition) is 4. The van der Waals surface area contributed by atoms with Gasteiger partial charge in [0, 0.05) is 11.1 Å². The summed E-state index contributed by atoms with van der Waals surface area (Å²) >= 11 is 18.6. The number of esters is 2. The van der Waals surface area contributed by atoms with Gasteiger partial charge in [0.2, 0.25) is 0 Å². The van der Waals surface area contributed by atoms with Gasteiger partial charge in [-0.2, -0.15) is 0 Å². The first kappa shape index (κ1) is 21.8. The van der Waals surface area contributed by atoms with Gasteiger partial charge in [-0.25, -0.2) is 9.59 Å². The number of halogens is 3. The highest BCUT2D eigenvalue weighted by Gasteiger charge is 2.45. The first-order valence-corrected chi connectivity index (χ1v) is 12.5. The quantitative estimate of drug-likeness (QED) is 0.257. The molecule has 1 aromatic rings. The fraction of sp³-hybridized carbons (Fsp3) is 0.294. The van der Waals surface area contributed by atoms with Gasteiger partial charge >= 0.3 is 17.9 Å². The maximum Gasteiger partial charge on any atom is 0.351 e. The van der Waals surface area contributed by atoms with Crippen LogP contribution in [0.4, 0.5) is 0 Å². The summed E-state index contributed by atoms with van der Waals surface area (Å²) in [6, 6.07) is 5.41. The van der Waals surface area contributed by atoms with Gasteiger partial charge in [0.15, 0.2) is 0 Å². The summed E-state index contributed by atoms with van der Waals surface area (Å²) in [5.74, 6) is -1.22. The molecule has 136 valence electrons. The second kappa shape index (κ2) is 9.43. The van der Waals surface area contributed by atoms with Crippen molar-refractivity contribution in [2.75, 3.05) is 6.61 Å². The van der Waals surface area contributed by atoms with Crippen molar-refractivity contribution in [2.45, 2.75) is 25.5 Å². The molecule has 0 aromatic heterocycles. The minimum Gasteiger partial charge on any atom is -0.462 e. The summed E-state index contributed by atoms with van der Waals surface area (Å²) in [5, 5.41) is 0. The lowest BCUT2D eigenvalue weighted by molar-refractivity contribution is -0.146. The Morgan fingerprint density at radius 3 is 2.00 bits per heavy atom. The number of carbonyl (C=O) groups is 2. The van der Waals surface area contributed by atoms with Crippen LogP contribution in [0.3, 0.4) is 0 Å². The first-order valence-electron chi connectivity index (χ1n) is 7.34. The van der Waals surface area contributed by atoms with Crippen molar-refractivity contribution in [3.8, 4) is 0 Å². The van der Waals surface area contributed by atoms with E-state index >= 15 is 0 Å². The zero-order chi connectivity index (χ0) is 19.2. The molecule has 0 spiro atoms. The smallest absolute Gasteiger partial charge is 0.351 e. The van der Waals surface area contributed by atoms with Crippen LogP contribution in [-0.4, -0.2) is 24.5 Å². The van der Waals surface area contributed by atoms with Gasteiger partial charge in [0.05, 0.1) is 12.1 Å². The maximum atomic E-state index is 12.0. The topological polar surface area (TPSA) is 52.6 Å². The Bertz CT molecular complexity index is 656. The zero-order valence-electron chi connectivity index (χ0n) is 13.9. The van der Waals surface area contributed by atoms with Crippen LogP contribution in [0.25, 0.3) is 0 Å². The summed E-state index contributed by atoms with van der Waals surface area (Å²) in [7, 11) is 0. The largest absolute Gasteiger partial charge is 0.462 e. The Morgan fingerprint density at radius 1 is 1.04 bits per heavy atom. The average molecular weight is 422 g/mol. The molecule has 0 saturated heterocycles. The lowest BCUT2D eigenvalue weighted by atomic mass is 10.1. The second-order valence-electron chi connectivity index (χ2n) is 5.54. The van der Waals surface area contributed by atoms with E-state index in [4.69, 9.17) is 42.7 Å². The van der Waals surface area contributed by atoms with Crippen molar-refractivity contribution in [3.63, 3.8) is 0 Å². The van der Waals surface area contributed by atoms with Crippen LogP contribution >= 0.6 is 33.2 Å². The number of hydrogen-bond donors (Lipinski definition) is 0. The summed E-state index contributed by atoms with van der Waals surface area (Å²) in [4.78, 5) is 23.8. The lowest BCUT2D eigenvalue weighted by Crippen LogP contribution is -2.33. The van der Waals surface area contributed by atoms with E-state index in [-0.39, 0.29) is 17.8 Å². The van der Waals surface area contributed by atoms with Crippen molar-refractivity contribution in [1.82, 2.24) is 0 Å². The third-order valence-electron chi connectivity index (χ3n) is 3.24. The van der Waals surface area contributed by atoms with Crippen molar-refractivity contribution >= 4 is 51.2 Å². The van der Waals surface area contributed by atoms with Crippen molar-refractivity contribution in [1.29, 1.82) is 0 Å². The molecule has 2 unspecified atom stereocenters. The van der Waals surface area contributed by atoms with Crippen LogP contribution in [0.2, 0.25) is 5.54 Å². The molecule has 0 bridgehead atoms. The Kier molecular flexibility index (Phi) is 8.21. The summed E-state index contributed by atoms with van der Waals surface area (Å²) in [6.07, 6.45) is -0.887. The fourth-order valence-corrected chi connectivity index (χ4v) is 4.36. The molecule has 1 rings (SSSR count). The van der Waals surface area contributed by atoms with E-state index in [0.29, 0.717) is 5.56 Å². The lowest BCUT2D eigenvalue weighted by Gasteiger charge is -2.30. The van der Waals surface area contributed by atoms with Gasteiger partial charge in [-0.05, 0) is 19.4 Å². The number of carbonyl (C=O) groups excluding carboxylic acids is 2. The minimum atomic E-state index is -3.43. The monoisotopic (exact) mass is 420 g/mol. The van der Waals surface area contributed by atoms with E-state index in [1.807, 2.05) is 6.07 Å². The molecule has 0 aliphatic rings. The molecular formula is C17H19Cl3O4Si. The number of benzene rings is 1. The van der Waals surface area contributed by atoms with E-state index in [2.05, 4.69) is 13.2 Å². The van der Waals surface area contributed by atoms with Gasteiger partial charge in [-0.15, -0.1) is 33.2 Å². The molecule has 1 aromatic carbocycles. The predicted octanol–water partition coefficient (Wildman–Crippen LogP) is 4.99. The van der Waals surface area contributed by atoms with Crippen LogP contribution in [-0.2, 0) is 19.1 Å². The first-order chi connectivity index (χ1) is 11.5. The Balaban J connectivity index is 3.19. The predicted molar refractivity (Wildman–Crippen MR) is 103 cm³/mol. The molecule has 0 saturated carbocycles. The van der Waals surface area contributed by atoms with Crippen LogP contribution in [0.1, 0.15) is 25.5 Å². The van der Waals surface area contributed by atoms with E-state index in [1.54, 1.807) is 24.3 Å². The number of rotatable bonds is 8. The molecule has 0 radical (unpaired) electrons. The molecule has 25 heavy (non-hydrogen) atoms. The van der Waals surface area contributed by atoms with Crippen LogP contribution < -0.4 is 0 Å². The molecule has 0 aliphatic heterocycles. The third-order valence-corrected chi connectivity index (χ3v) is 7.07. The van der Waals surface area contributed by atoms with Crippen LogP contribution in [0, 0.1) is 0 Å². The SMILES string of the molecule is C=C(C)C(=O)OCC(C(OC(=O)C(=C)C)c1ccccc1)[Si](Cl)(Cl)Cl. The molecule has 0 aliphatic carbocycles. The molecule has 0 heterocycles. The average Bonchev–Trinajstić information content (AvgIpc) is 2.52. The van der Waals surface area contributed by atoms with Gasteiger partial charge < -0.3 is 9.47 Å². The summed E-state index contributed by atoms with van der Waals surface area (Å²) in [5.41, 5.74) is 0.267. The molecule has 0 amide bonds. The highest BCUT2D eigenvalue weighted by molar-refractivity contribution is 7.65. The molecule has 0 N–H and O–H groups in total. The molecule has 4 nitrogen and oxygen atoms in total. The Hall–Kier alpha value is -1.27. The normalized spacial score (nSPS) is 13.5. The second-order valence-corrected chi connectivity index (χ2v) is 14.5. The summed E-state index contributed by atoms with van der Waals surface area (Å²) < 4.78 is 10.7. The molecule has 0 fully saturated rings. The van der Waals surface area contributed by atoms with Gasteiger partial charge in [-0.1, -0.05) is 43.5 Å². The Labute approximate surface area is 162 Å². The highest BCUT2D eigenvalue weighted by Crippen LogP contribution is 2.45. The fourth-order valence-electron chi connectivity index (χ4n) is 1.88. The summed E-state index contributed by atoms with van der Waals surface area (Å²) in [6.45, 7) is 9.90. The van der Waals surface area contributed by atoms with E-state index in [9.17, 15) is 9.59 Å². The number of ether oxygens (including phenoxy) is 2. The van der Waals surface area contributed by atoms with Crippen molar-refractivity contribution in [2.24, 2.45) is 0 Å². The third kappa shape index (κ3) is 6.86. The van der Waals surface area contributed by atoms with E-state index in [0.717, 1.165) is 0 Å². The van der Waals surface area contributed by atoms with Gasteiger partial charge in [-0.3, -0.25) is 0 Å². The molecular weight excluding hydrogens is 403 g/mol. The van der Waals surface area contributed by atoms with Crippen LogP contribution in [0.15, 0.2) is 54.6 Å². The standard InChI is InChI=1S/C17H19Cl3O4Si/c1-11(2)16(21)23-10-14(25(18,19)20)15(24-17(22)12(3)4)13-8-6-5-7-9-13/h5-9,14-15H,1,3,10H2,2,4H3. The Morgan fingerprint density at radius 2 is 1.56 bits per heavy atom. The zero-order valence-corrected chi connectivity index (χ0v) is 17.2. The van der Waals surface area contributed by atoms with Gasteiger partial charge in [0.25, 0.3) is 0 Å². The van der Waals surface area contributed by atoms with Crippen molar-refractivity contribution in [3.05, 3.63) is 60.2 Å². The van der Waals surface area contributed by atoms with E-state index in [1.165, 1.54) is 13.8 Å². The minimum absolute atomic E-state index is 0.211. The molecule has 2 atom stereocenters. The maximum absolute atomic E-state index is 12.0. The van der Waals surface area contributed by atoms with Crippen LogP contribution in [0.5, 0.6) is 0 Å². The van der Waals surface area contributed by atoms with E-state index < -0.39 is 29.6 Å².